The van der Waals surface area contributed by atoms with E-state index in [0.29, 0.717) is 52.6 Å². The molecule has 0 saturated heterocycles. The topological polar surface area (TPSA) is 64.4 Å². The van der Waals surface area contributed by atoms with Gasteiger partial charge in [-0.2, -0.15) is 0 Å². The third kappa shape index (κ3) is 6.09. The standard InChI is InChI=1S/C35H34ClN3O3/c1-4-30(26-13-9-6-10-14-26)34(40)38(22-21-25-11-7-5-8-12-25)24(2)33-37-32-23-27(36)15-20-31(32)35(41)39(33)28-16-18-29(42-3)19-17-28/h5-20,23-24,30H,4,21-22H2,1-3H3. The van der Waals surface area contributed by atoms with Crippen molar-refractivity contribution in [3.63, 3.8) is 0 Å². The first-order chi connectivity index (χ1) is 20.4. The first-order valence-electron chi connectivity index (χ1n) is 14.2. The van der Waals surface area contributed by atoms with Gasteiger partial charge in [-0.05, 0) is 73.4 Å². The fraction of sp³-hybridized carbons (Fsp3) is 0.229. The highest BCUT2D eigenvalue weighted by Crippen LogP contribution is 2.30. The Hall–Kier alpha value is -4.42. The zero-order valence-electron chi connectivity index (χ0n) is 24.0. The molecule has 0 N–H and O–H groups in total. The number of carbonyl (C=O) groups is 1. The summed E-state index contributed by atoms with van der Waals surface area (Å²) in [6.07, 6.45) is 1.30. The van der Waals surface area contributed by atoms with E-state index in [2.05, 4.69) is 12.1 Å². The van der Waals surface area contributed by atoms with Crippen molar-refractivity contribution in [2.75, 3.05) is 13.7 Å². The Morgan fingerprint density at radius 2 is 1.62 bits per heavy atom. The normalized spacial score (nSPS) is 12.6. The molecule has 0 spiro atoms. The molecule has 7 heteroatoms. The number of ether oxygens (including phenoxy) is 1. The predicted molar refractivity (Wildman–Crippen MR) is 169 cm³/mol. The van der Waals surface area contributed by atoms with Crippen molar-refractivity contribution in [3.05, 3.63) is 135 Å². The Kier molecular flexibility index (Phi) is 9.03. The van der Waals surface area contributed by atoms with Crippen LogP contribution in [0, 0.1) is 0 Å². The van der Waals surface area contributed by atoms with Crippen LogP contribution in [-0.4, -0.2) is 34.0 Å². The highest BCUT2D eigenvalue weighted by molar-refractivity contribution is 6.31. The van der Waals surface area contributed by atoms with Gasteiger partial charge in [0.2, 0.25) is 5.91 Å². The van der Waals surface area contributed by atoms with Crippen LogP contribution in [0.2, 0.25) is 5.02 Å². The van der Waals surface area contributed by atoms with Crippen molar-refractivity contribution >= 4 is 28.4 Å². The van der Waals surface area contributed by atoms with Crippen LogP contribution in [0.15, 0.2) is 108 Å². The molecular formula is C35H34ClN3O3. The lowest BCUT2D eigenvalue weighted by Gasteiger charge is -2.33. The number of nitrogens with zero attached hydrogens (tertiary/aromatic N) is 3. The second kappa shape index (κ2) is 13.0. The van der Waals surface area contributed by atoms with Crippen LogP contribution in [-0.2, 0) is 11.2 Å². The molecule has 5 aromatic rings. The van der Waals surface area contributed by atoms with E-state index in [1.54, 1.807) is 29.9 Å². The number of hydrogen-bond donors (Lipinski definition) is 0. The number of rotatable bonds is 10. The molecule has 1 heterocycles. The van der Waals surface area contributed by atoms with Crippen molar-refractivity contribution in [3.8, 4) is 11.4 Å². The third-order valence-corrected chi connectivity index (χ3v) is 7.94. The maximum atomic E-state index is 14.4. The molecule has 0 radical (unpaired) electrons. The highest BCUT2D eigenvalue weighted by Gasteiger charge is 2.31. The molecule has 6 nitrogen and oxygen atoms in total. The zero-order chi connectivity index (χ0) is 29.6. The van der Waals surface area contributed by atoms with Crippen molar-refractivity contribution in [1.82, 2.24) is 14.5 Å². The number of carbonyl (C=O) groups excluding carboxylic acids is 1. The Labute approximate surface area is 251 Å². The number of aromatic nitrogens is 2. The molecule has 2 unspecified atom stereocenters. The van der Waals surface area contributed by atoms with E-state index in [1.165, 1.54) is 0 Å². The van der Waals surface area contributed by atoms with Gasteiger partial charge in [0.05, 0.1) is 35.7 Å². The minimum Gasteiger partial charge on any atom is -0.497 e. The lowest BCUT2D eigenvalue weighted by Crippen LogP contribution is -2.41. The van der Waals surface area contributed by atoms with Gasteiger partial charge in [0, 0.05) is 11.6 Å². The summed E-state index contributed by atoms with van der Waals surface area (Å²) in [4.78, 5) is 35.3. The van der Waals surface area contributed by atoms with E-state index < -0.39 is 6.04 Å². The average molecular weight is 580 g/mol. The quantitative estimate of drug-likeness (QED) is 0.173. The summed E-state index contributed by atoms with van der Waals surface area (Å²) in [5, 5.41) is 0.936. The summed E-state index contributed by atoms with van der Waals surface area (Å²) < 4.78 is 6.95. The zero-order valence-corrected chi connectivity index (χ0v) is 24.8. The van der Waals surface area contributed by atoms with Crippen LogP contribution >= 0.6 is 11.6 Å². The van der Waals surface area contributed by atoms with E-state index in [4.69, 9.17) is 21.3 Å². The largest absolute Gasteiger partial charge is 0.497 e. The number of hydrogen-bond acceptors (Lipinski definition) is 4. The molecule has 0 bridgehead atoms. The van der Waals surface area contributed by atoms with E-state index in [-0.39, 0.29) is 17.4 Å². The molecule has 0 aliphatic heterocycles. The molecule has 1 aromatic heterocycles. The van der Waals surface area contributed by atoms with Gasteiger partial charge in [-0.15, -0.1) is 0 Å². The van der Waals surface area contributed by atoms with Gasteiger partial charge < -0.3 is 9.64 Å². The lowest BCUT2D eigenvalue weighted by atomic mass is 9.94. The van der Waals surface area contributed by atoms with E-state index >= 15 is 0 Å². The Morgan fingerprint density at radius 3 is 2.26 bits per heavy atom. The second-order valence-electron chi connectivity index (χ2n) is 10.3. The number of methoxy groups -OCH3 is 1. The fourth-order valence-electron chi connectivity index (χ4n) is 5.40. The maximum absolute atomic E-state index is 14.4. The number of amides is 1. The SMILES string of the molecule is CCC(C(=O)N(CCc1ccccc1)C(C)c1nc2cc(Cl)ccc2c(=O)n1-c1ccc(OC)cc1)c1ccccc1. The molecule has 0 saturated carbocycles. The van der Waals surface area contributed by atoms with E-state index in [1.807, 2.05) is 91.5 Å². The number of halogens is 1. The molecule has 214 valence electrons. The molecule has 42 heavy (non-hydrogen) atoms. The highest BCUT2D eigenvalue weighted by atomic mass is 35.5. The van der Waals surface area contributed by atoms with Crippen LogP contribution in [0.4, 0.5) is 0 Å². The van der Waals surface area contributed by atoms with Crippen LogP contribution in [0.1, 0.15) is 49.2 Å². The van der Waals surface area contributed by atoms with Crippen LogP contribution in [0.3, 0.4) is 0 Å². The van der Waals surface area contributed by atoms with Crippen LogP contribution in [0.25, 0.3) is 16.6 Å². The molecule has 1 amide bonds. The van der Waals surface area contributed by atoms with Gasteiger partial charge in [0.15, 0.2) is 0 Å². The number of benzene rings is 4. The Morgan fingerprint density at radius 1 is 0.952 bits per heavy atom. The van der Waals surface area contributed by atoms with Crippen molar-refractivity contribution in [2.45, 2.75) is 38.6 Å². The molecular weight excluding hydrogens is 546 g/mol. The lowest BCUT2D eigenvalue weighted by molar-refractivity contribution is -0.135. The predicted octanol–water partition coefficient (Wildman–Crippen LogP) is 7.37. The van der Waals surface area contributed by atoms with Gasteiger partial charge in [0.1, 0.15) is 11.6 Å². The molecule has 0 aliphatic rings. The Balaban J connectivity index is 1.66. The first kappa shape index (κ1) is 29.1. The maximum Gasteiger partial charge on any atom is 0.266 e. The van der Waals surface area contributed by atoms with Crippen molar-refractivity contribution in [1.29, 1.82) is 0 Å². The summed E-state index contributed by atoms with van der Waals surface area (Å²) in [6, 6.07) is 31.8. The summed E-state index contributed by atoms with van der Waals surface area (Å²) >= 11 is 6.32. The third-order valence-electron chi connectivity index (χ3n) is 7.70. The monoisotopic (exact) mass is 579 g/mol. The summed E-state index contributed by atoms with van der Waals surface area (Å²) in [5.74, 6) is 0.800. The molecule has 2 atom stereocenters. The van der Waals surface area contributed by atoms with Gasteiger partial charge in [-0.3, -0.25) is 14.2 Å². The summed E-state index contributed by atoms with van der Waals surface area (Å²) in [7, 11) is 1.60. The minimum absolute atomic E-state index is 0.00569. The summed E-state index contributed by atoms with van der Waals surface area (Å²) in [6.45, 7) is 4.43. The first-order valence-corrected chi connectivity index (χ1v) is 14.5. The van der Waals surface area contributed by atoms with Gasteiger partial charge in [-0.1, -0.05) is 79.2 Å². The fourth-order valence-corrected chi connectivity index (χ4v) is 5.57. The molecule has 4 aromatic carbocycles. The molecule has 0 aliphatic carbocycles. The van der Waals surface area contributed by atoms with Gasteiger partial charge >= 0.3 is 0 Å². The van der Waals surface area contributed by atoms with E-state index in [9.17, 15) is 9.59 Å². The van der Waals surface area contributed by atoms with E-state index in [0.717, 1.165) is 11.1 Å². The second-order valence-corrected chi connectivity index (χ2v) is 10.7. The van der Waals surface area contributed by atoms with Gasteiger partial charge in [-0.25, -0.2) is 4.98 Å². The van der Waals surface area contributed by atoms with Crippen LogP contribution in [0.5, 0.6) is 5.75 Å². The summed E-state index contributed by atoms with van der Waals surface area (Å²) in [5.41, 5.74) is 2.99. The Bertz CT molecular complexity index is 1720. The smallest absolute Gasteiger partial charge is 0.266 e. The van der Waals surface area contributed by atoms with Crippen molar-refractivity contribution < 1.29 is 9.53 Å². The average Bonchev–Trinajstić information content (AvgIpc) is 3.02. The van der Waals surface area contributed by atoms with Gasteiger partial charge in [0.25, 0.3) is 5.56 Å². The molecule has 5 rings (SSSR count). The molecule has 0 fully saturated rings. The number of fused-ring (bicyclic) bond motifs is 1. The van der Waals surface area contributed by atoms with Crippen LogP contribution < -0.4 is 10.3 Å². The minimum atomic E-state index is -0.530. The van der Waals surface area contributed by atoms with Crippen molar-refractivity contribution in [2.24, 2.45) is 0 Å².